The number of carbonyl (C=O) groups is 1. The molecule has 1 amide bonds. The first-order chi connectivity index (χ1) is 13.5. The van der Waals surface area contributed by atoms with E-state index in [1.807, 2.05) is 60.8 Å². The number of carbonyl (C=O) groups excluding carboxylic acids is 1. The van der Waals surface area contributed by atoms with Crippen molar-refractivity contribution in [2.45, 2.75) is 0 Å². The Morgan fingerprint density at radius 2 is 1.82 bits per heavy atom. The lowest BCUT2D eigenvalue weighted by Crippen LogP contribution is -2.14. The monoisotopic (exact) mass is 393 g/mol. The van der Waals surface area contributed by atoms with E-state index in [1.54, 1.807) is 23.8 Å². The summed E-state index contributed by atoms with van der Waals surface area (Å²) in [5.41, 5.74) is 3.49. The van der Waals surface area contributed by atoms with Crippen molar-refractivity contribution in [3.63, 3.8) is 0 Å². The zero-order chi connectivity index (χ0) is 19.7. The number of nitrogens with one attached hydrogen (secondary N) is 1. The maximum atomic E-state index is 12.5. The van der Waals surface area contributed by atoms with Gasteiger partial charge in [0.1, 0.15) is 5.75 Å². The molecular weight excluding hydrogens is 374 g/mol. The molecule has 0 fully saturated rings. The van der Waals surface area contributed by atoms with E-state index in [9.17, 15) is 4.79 Å². The third-order valence-corrected chi connectivity index (χ3v) is 5.15. The number of benzene rings is 2. The lowest BCUT2D eigenvalue weighted by molar-refractivity contribution is 0.102. The van der Waals surface area contributed by atoms with E-state index in [4.69, 9.17) is 4.74 Å². The van der Waals surface area contributed by atoms with Crippen LogP contribution in [0.3, 0.4) is 0 Å². The molecule has 28 heavy (non-hydrogen) atoms. The summed E-state index contributed by atoms with van der Waals surface area (Å²) in [5, 5.41) is 9.21. The number of thiazole rings is 1. The van der Waals surface area contributed by atoms with Gasteiger partial charge in [-0.3, -0.25) is 10.1 Å². The molecule has 0 spiro atoms. The molecule has 8 heteroatoms. The summed E-state index contributed by atoms with van der Waals surface area (Å²) >= 11 is 1.47. The second-order valence-electron chi connectivity index (χ2n) is 6.37. The Balaban J connectivity index is 1.56. The Bertz CT molecular complexity index is 1110. The standard InChI is InChI=1S/C20H19N5O2S/c1-24(2)15-8-4-14(5-9-15)18(26)21-19-22-20-25(23-19)17(12-28-20)13-6-10-16(27-3)11-7-13/h4-12H,1-3H3,(H,21,23,26). The van der Waals surface area contributed by atoms with Crippen LogP contribution in [0, 0.1) is 0 Å². The number of anilines is 2. The van der Waals surface area contributed by atoms with Gasteiger partial charge in [0.25, 0.3) is 11.9 Å². The van der Waals surface area contributed by atoms with Gasteiger partial charge in [0, 0.05) is 36.3 Å². The minimum Gasteiger partial charge on any atom is -0.497 e. The highest BCUT2D eigenvalue weighted by atomic mass is 32.1. The number of hydrogen-bond acceptors (Lipinski definition) is 6. The van der Waals surface area contributed by atoms with E-state index in [2.05, 4.69) is 15.4 Å². The molecule has 2 aromatic carbocycles. The SMILES string of the molecule is COc1ccc(-c2csc3nc(NC(=O)c4ccc(N(C)C)cc4)nn23)cc1. The Morgan fingerprint density at radius 1 is 1.11 bits per heavy atom. The average Bonchev–Trinajstić information content (AvgIpc) is 3.28. The van der Waals surface area contributed by atoms with Gasteiger partial charge >= 0.3 is 0 Å². The van der Waals surface area contributed by atoms with Crippen LogP contribution in [0.4, 0.5) is 11.6 Å². The number of ether oxygens (including phenoxy) is 1. The van der Waals surface area contributed by atoms with Crippen LogP contribution in [0.2, 0.25) is 0 Å². The number of amides is 1. The molecule has 0 aliphatic rings. The third-order valence-electron chi connectivity index (χ3n) is 4.34. The predicted molar refractivity (Wildman–Crippen MR) is 112 cm³/mol. The zero-order valence-corrected chi connectivity index (χ0v) is 16.5. The van der Waals surface area contributed by atoms with Crippen LogP contribution >= 0.6 is 11.3 Å². The van der Waals surface area contributed by atoms with Crippen molar-refractivity contribution in [3.8, 4) is 17.0 Å². The first-order valence-electron chi connectivity index (χ1n) is 8.62. The van der Waals surface area contributed by atoms with Crippen LogP contribution in [0.1, 0.15) is 10.4 Å². The quantitative estimate of drug-likeness (QED) is 0.559. The van der Waals surface area contributed by atoms with E-state index in [-0.39, 0.29) is 11.9 Å². The molecule has 0 radical (unpaired) electrons. The second kappa shape index (κ2) is 7.32. The number of aromatic nitrogens is 3. The molecule has 2 aromatic heterocycles. The van der Waals surface area contributed by atoms with Crippen molar-refractivity contribution >= 4 is 33.8 Å². The predicted octanol–water partition coefficient (Wildman–Crippen LogP) is 3.78. The minimum absolute atomic E-state index is 0.241. The van der Waals surface area contributed by atoms with Crippen LogP contribution < -0.4 is 15.0 Å². The van der Waals surface area contributed by atoms with Gasteiger partial charge in [-0.1, -0.05) is 0 Å². The normalized spacial score (nSPS) is 10.8. The largest absolute Gasteiger partial charge is 0.497 e. The van der Waals surface area contributed by atoms with Gasteiger partial charge in [0.05, 0.1) is 12.8 Å². The summed E-state index contributed by atoms with van der Waals surface area (Å²) in [5.74, 6) is 0.833. The molecule has 1 N–H and O–H groups in total. The number of hydrogen-bond donors (Lipinski definition) is 1. The summed E-state index contributed by atoms with van der Waals surface area (Å²) in [6, 6.07) is 15.1. The molecule has 4 aromatic rings. The fourth-order valence-electron chi connectivity index (χ4n) is 2.78. The highest BCUT2D eigenvalue weighted by molar-refractivity contribution is 7.15. The lowest BCUT2D eigenvalue weighted by atomic mass is 10.2. The first-order valence-corrected chi connectivity index (χ1v) is 9.50. The average molecular weight is 393 g/mol. The van der Waals surface area contributed by atoms with Crippen molar-refractivity contribution in [2.75, 3.05) is 31.4 Å². The Morgan fingerprint density at radius 3 is 2.46 bits per heavy atom. The maximum Gasteiger partial charge on any atom is 0.258 e. The van der Waals surface area contributed by atoms with Gasteiger partial charge in [-0.25, -0.2) is 4.52 Å². The van der Waals surface area contributed by atoms with Gasteiger partial charge < -0.3 is 9.64 Å². The maximum absolute atomic E-state index is 12.5. The summed E-state index contributed by atoms with van der Waals surface area (Å²) < 4.78 is 6.94. The van der Waals surface area contributed by atoms with Crippen LogP contribution in [0.15, 0.2) is 53.9 Å². The summed E-state index contributed by atoms with van der Waals surface area (Å²) in [4.78, 5) is 19.6. The molecule has 0 saturated carbocycles. The number of methoxy groups -OCH3 is 1. The molecule has 0 bridgehead atoms. The number of fused-ring (bicyclic) bond motifs is 1. The molecule has 7 nitrogen and oxygen atoms in total. The zero-order valence-electron chi connectivity index (χ0n) is 15.7. The van der Waals surface area contributed by atoms with Gasteiger partial charge in [-0.15, -0.1) is 16.4 Å². The smallest absolute Gasteiger partial charge is 0.258 e. The lowest BCUT2D eigenvalue weighted by Gasteiger charge is -2.12. The van der Waals surface area contributed by atoms with E-state index < -0.39 is 0 Å². The van der Waals surface area contributed by atoms with Gasteiger partial charge in [0.15, 0.2) is 0 Å². The number of rotatable bonds is 5. The Hall–Kier alpha value is -3.39. The van der Waals surface area contributed by atoms with Crippen LogP contribution in [0.5, 0.6) is 5.75 Å². The van der Waals surface area contributed by atoms with Crippen LogP contribution in [0.25, 0.3) is 16.2 Å². The molecule has 0 saturated heterocycles. The molecule has 142 valence electrons. The first kappa shape index (κ1) is 18.0. The van der Waals surface area contributed by atoms with E-state index >= 15 is 0 Å². The fraction of sp³-hybridized carbons (Fsp3) is 0.150. The van der Waals surface area contributed by atoms with E-state index in [1.165, 1.54) is 11.3 Å². The van der Waals surface area contributed by atoms with Crippen molar-refractivity contribution in [3.05, 3.63) is 59.5 Å². The van der Waals surface area contributed by atoms with Crippen molar-refractivity contribution in [1.82, 2.24) is 14.6 Å². The van der Waals surface area contributed by atoms with Crippen molar-refractivity contribution in [1.29, 1.82) is 0 Å². The molecule has 0 atom stereocenters. The summed E-state index contributed by atoms with van der Waals surface area (Å²) in [6.45, 7) is 0. The number of nitrogens with zero attached hydrogens (tertiary/aromatic N) is 4. The van der Waals surface area contributed by atoms with Crippen molar-refractivity contribution < 1.29 is 9.53 Å². The second-order valence-corrected chi connectivity index (χ2v) is 7.21. The molecule has 0 unspecified atom stereocenters. The molecule has 4 rings (SSSR count). The van der Waals surface area contributed by atoms with E-state index in [0.29, 0.717) is 10.5 Å². The third kappa shape index (κ3) is 3.41. The minimum atomic E-state index is -0.241. The summed E-state index contributed by atoms with van der Waals surface area (Å²) in [6.07, 6.45) is 0. The van der Waals surface area contributed by atoms with Gasteiger partial charge in [-0.05, 0) is 48.5 Å². The molecular formula is C20H19N5O2S. The van der Waals surface area contributed by atoms with Crippen molar-refractivity contribution in [2.24, 2.45) is 0 Å². The molecule has 0 aliphatic carbocycles. The van der Waals surface area contributed by atoms with E-state index in [0.717, 1.165) is 22.7 Å². The highest BCUT2D eigenvalue weighted by Crippen LogP contribution is 2.27. The van der Waals surface area contributed by atoms with Gasteiger partial charge in [0.2, 0.25) is 4.96 Å². The highest BCUT2D eigenvalue weighted by Gasteiger charge is 2.14. The van der Waals surface area contributed by atoms with Gasteiger partial charge in [-0.2, -0.15) is 4.98 Å². The Labute approximate surface area is 166 Å². The Kier molecular flexibility index (Phi) is 4.70. The fourth-order valence-corrected chi connectivity index (χ4v) is 3.61. The molecule has 2 heterocycles. The molecule has 0 aliphatic heterocycles. The topological polar surface area (TPSA) is 71.8 Å². The summed E-state index contributed by atoms with van der Waals surface area (Å²) in [7, 11) is 5.55. The van der Waals surface area contributed by atoms with Crippen LogP contribution in [-0.2, 0) is 0 Å². The van der Waals surface area contributed by atoms with Crippen LogP contribution in [-0.4, -0.2) is 41.7 Å².